The standard InChI is InChI=1S/C21H21N3O3S/c1-13-6-4-7-14(10-13)24-20(15-11-28-12-16(15)23-24)22-21(25)19-17(26-2)8-5-9-18(19)27-3/h4-10H,11-12H2,1-3H3,(H,22,25). The Balaban J connectivity index is 1.78. The van der Waals surface area contributed by atoms with Crippen LogP contribution < -0.4 is 14.8 Å². The fourth-order valence-electron chi connectivity index (χ4n) is 3.33. The molecule has 1 N–H and O–H groups in total. The smallest absolute Gasteiger partial charge is 0.264 e. The lowest BCUT2D eigenvalue weighted by atomic mass is 10.1. The molecule has 6 nitrogen and oxygen atoms in total. The molecule has 0 fully saturated rings. The number of aryl methyl sites for hydroxylation is 1. The lowest BCUT2D eigenvalue weighted by Gasteiger charge is -2.15. The van der Waals surface area contributed by atoms with Crippen LogP contribution in [-0.2, 0) is 11.5 Å². The molecule has 0 atom stereocenters. The molecule has 2 aromatic carbocycles. The quantitative estimate of drug-likeness (QED) is 0.701. The average molecular weight is 395 g/mol. The third-order valence-electron chi connectivity index (χ3n) is 4.68. The predicted molar refractivity (Wildman–Crippen MR) is 111 cm³/mol. The lowest BCUT2D eigenvalue weighted by Crippen LogP contribution is -2.18. The lowest BCUT2D eigenvalue weighted by molar-refractivity contribution is 0.102. The van der Waals surface area contributed by atoms with Crippen LogP contribution in [0.1, 0.15) is 27.2 Å². The molecule has 144 valence electrons. The summed E-state index contributed by atoms with van der Waals surface area (Å²) in [6.45, 7) is 2.04. The predicted octanol–water partition coefficient (Wildman–Crippen LogP) is 4.20. The van der Waals surface area contributed by atoms with Gasteiger partial charge in [-0.2, -0.15) is 16.9 Å². The number of methoxy groups -OCH3 is 2. The van der Waals surface area contributed by atoms with E-state index >= 15 is 0 Å². The van der Waals surface area contributed by atoms with Crippen LogP contribution in [-0.4, -0.2) is 29.9 Å². The number of benzene rings is 2. The van der Waals surface area contributed by atoms with Gasteiger partial charge in [-0.25, -0.2) is 4.68 Å². The molecular weight excluding hydrogens is 374 g/mol. The van der Waals surface area contributed by atoms with E-state index in [1.165, 1.54) is 14.2 Å². The maximum Gasteiger partial charge on any atom is 0.264 e. The first kappa shape index (κ1) is 18.4. The van der Waals surface area contributed by atoms with E-state index in [0.29, 0.717) is 22.9 Å². The monoisotopic (exact) mass is 395 g/mol. The molecule has 1 aliphatic rings. The van der Waals surface area contributed by atoms with Crippen molar-refractivity contribution in [1.29, 1.82) is 0 Å². The minimum absolute atomic E-state index is 0.289. The fraction of sp³-hybridized carbons (Fsp3) is 0.238. The summed E-state index contributed by atoms with van der Waals surface area (Å²) >= 11 is 1.79. The van der Waals surface area contributed by atoms with Crippen LogP contribution in [0.15, 0.2) is 42.5 Å². The molecule has 0 radical (unpaired) electrons. The molecule has 0 saturated heterocycles. The molecule has 2 heterocycles. The summed E-state index contributed by atoms with van der Waals surface area (Å²) in [5, 5.41) is 7.82. The zero-order valence-corrected chi connectivity index (χ0v) is 16.8. The van der Waals surface area contributed by atoms with Gasteiger partial charge in [0, 0.05) is 17.1 Å². The first-order valence-corrected chi connectivity index (χ1v) is 10.1. The Morgan fingerprint density at radius 3 is 2.50 bits per heavy atom. The van der Waals surface area contributed by atoms with Gasteiger partial charge in [0.1, 0.15) is 22.9 Å². The molecule has 1 aliphatic heterocycles. The minimum atomic E-state index is -0.289. The number of amides is 1. The first-order chi connectivity index (χ1) is 13.6. The molecule has 3 aromatic rings. The van der Waals surface area contributed by atoms with E-state index in [1.54, 1.807) is 30.0 Å². The molecule has 0 saturated carbocycles. The number of fused-ring (bicyclic) bond motifs is 1. The zero-order valence-electron chi connectivity index (χ0n) is 16.0. The third kappa shape index (κ3) is 3.22. The molecule has 0 spiro atoms. The van der Waals surface area contributed by atoms with E-state index in [4.69, 9.17) is 14.6 Å². The van der Waals surface area contributed by atoms with Crippen LogP contribution in [0, 0.1) is 6.92 Å². The molecule has 0 unspecified atom stereocenters. The van der Waals surface area contributed by atoms with Crippen molar-refractivity contribution in [3.63, 3.8) is 0 Å². The summed E-state index contributed by atoms with van der Waals surface area (Å²) in [4.78, 5) is 13.2. The number of thioether (sulfide) groups is 1. The number of carbonyl (C=O) groups excluding carboxylic acids is 1. The van der Waals surface area contributed by atoms with Gasteiger partial charge in [-0.15, -0.1) is 0 Å². The Kier molecular flexibility index (Phi) is 5.00. The summed E-state index contributed by atoms with van der Waals surface area (Å²) in [6.07, 6.45) is 0. The molecular formula is C21H21N3O3S. The number of anilines is 1. The third-order valence-corrected chi connectivity index (χ3v) is 5.66. The largest absolute Gasteiger partial charge is 0.496 e. The summed E-state index contributed by atoms with van der Waals surface area (Å²) in [5.74, 6) is 3.00. The number of nitrogens with zero attached hydrogens (tertiary/aromatic N) is 2. The Hall–Kier alpha value is -2.93. The van der Waals surface area contributed by atoms with Crippen LogP contribution >= 0.6 is 11.8 Å². The SMILES string of the molecule is COc1cccc(OC)c1C(=O)Nc1c2c(nn1-c1cccc(C)c1)CSC2. The van der Waals surface area contributed by atoms with E-state index in [1.807, 2.05) is 29.8 Å². The molecule has 1 amide bonds. The van der Waals surface area contributed by atoms with Gasteiger partial charge in [0.15, 0.2) is 0 Å². The summed E-state index contributed by atoms with van der Waals surface area (Å²) in [7, 11) is 3.08. The van der Waals surface area contributed by atoms with E-state index in [9.17, 15) is 4.79 Å². The number of carbonyl (C=O) groups is 1. The number of rotatable bonds is 5. The Morgan fingerprint density at radius 2 is 1.82 bits per heavy atom. The van der Waals surface area contributed by atoms with E-state index < -0.39 is 0 Å². The number of nitrogens with one attached hydrogen (secondary N) is 1. The highest BCUT2D eigenvalue weighted by atomic mass is 32.2. The highest BCUT2D eigenvalue weighted by Crippen LogP contribution is 2.37. The Bertz CT molecular complexity index is 1020. The second-order valence-electron chi connectivity index (χ2n) is 6.51. The van der Waals surface area contributed by atoms with Crippen molar-refractivity contribution in [1.82, 2.24) is 9.78 Å². The van der Waals surface area contributed by atoms with Crippen LogP contribution in [0.4, 0.5) is 5.82 Å². The number of hydrogen-bond acceptors (Lipinski definition) is 5. The summed E-state index contributed by atoms with van der Waals surface area (Å²) in [6, 6.07) is 13.3. The topological polar surface area (TPSA) is 65.4 Å². The second kappa shape index (κ2) is 7.59. The van der Waals surface area contributed by atoms with Gasteiger partial charge >= 0.3 is 0 Å². The number of aromatic nitrogens is 2. The van der Waals surface area contributed by atoms with E-state index in [2.05, 4.69) is 11.4 Å². The van der Waals surface area contributed by atoms with Crippen molar-refractivity contribution in [2.75, 3.05) is 19.5 Å². The number of hydrogen-bond donors (Lipinski definition) is 1. The highest BCUT2D eigenvalue weighted by Gasteiger charge is 2.27. The fourth-order valence-corrected chi connectivity index (χ4v) is 4.37. The molecule has 28 heavy (non-hydrogen) atoms. The second-order valence-corrected chi connectivity index (χ2v) is 7.49. The van der Waals surface area contributed by atoms with Crippen molar-refractivity contribution < 1.29 is 14.3 Å². The van der Waals surface area contributed by atoms with Gasteiger partial charge in [-0.05, 0) is 36.8 Å². The van der Waals surface area contributed by atoms with Gasteiger partial charge in [-0.1, -0.05) is 18.2 Å². The maximum atomic E-state index is 13.2. The van der Waals surface area contributed by atoms with Crippen LogP contribution in [0.3, 0.4) is 0 Å². The van der Waals surface area contributed by atoms with Gasteiger partial charge in [0.05, 0.1) is 25.6 Å². The number of ether oxygens (including phenoxy) is 2. The van der Waals surface area contributed by atoms with E-state index in [-0.39, 0.29) is 5.91 Å². The summed E-state index contributed by atoms with van der Waals surface area (Å²) < 4.78 is 12.6. The molecule has 7 heteroatoms. The van der Waals surface area contributed by atoms with Crippen LogP contribution in [0.2, 0.25) is 0 Å². The van der Waals surface area contributed by atoms with Crippen molar-refractivity contribution in [3.8, 4) is 17.2 Å². The van der Waals surface area contributed by atoms with Crippen molar-refractivity contribution in [2.24, 2.45) is 0 Å². The van der Waals surface area contributed by atoms with Crippen LogP contribution in [0.25, 0.3) is 5.69 Å². The van der Waals surface area contributed by atoms with Gasteiger partial charge < -0.3 is 14.8 Å². The molecule has 0 bridgehead atoms. The van der Waals surface area contributed by atoms with Crippen molar-refractivity contribution in [3.05, 3.63) is 64.8 Å². The van der Waals surface area contributed by atoms with Crippen LogP contribution in [0.5, 0.6) is 11.5 Å². The van der Waals surface area contributed by atoms with Gasteiger partial charge in [0.25, 0.3) is 5.91 Å². The maximum absolute atomic E-state index is 13.2. The highest BCUT2D eigenvalue weighted by molar-refractivity contribution is 7.98. The first-order valence-electron chi connectivity index (χ1n) is 8.90. The van der Waals surface area contributed by atoms with Gasteiger partial charge in [-0.3, -0.25) is 4.79 Å². The zero-order chi connectivity index (χ0) is 19.7. The summed E-state index contributed by atoms with van der Waals surface area (Å²) in [5.41, 5.74) is 4.49. The molecule has 4 rings (SSSR count). The van der Waals surface area contributed by atoms with Crippen molar-refractivity contribution in [2.45, 2.75) is 18.4 Å². The minimum Gasteiger partial charge on any atom is -0.496 e. The van der Waals surface area contributed by atoms with Gasteiger partial charge in [0.2, 0.25) is 0 Å². The van der Waals surface area contributed by atoms with Crippen molar-refractivity contribution >= 4 is 23.5 Å². The average Bonchev–Trinajstić information content (AvgIpc) is 3.29. The Morgan fingerprint density at radius 1 is 1.11 bits per heavy atom. The molecule has 1 aromatic heterocycles. The normalized spacial score (nSPS) is 12.5. The molecule has 0 aliphatic carbocycles. The van der Waals surface area contributed by atoms with E-state index in [0.717, 1.165) is 34.0 Å². The Labute approximate surface area is 167 Å².